The summed E-state index contributed by atoms with van der Waals surface area (Å²) in [4.78, 5) is 35.7. The van der Waals surface area contributed by atoms with Gasteiger partial charge in [0.15, 0.2) is 0 Å². The molecule has 0 unspecified atom stereocenters. The van der Waals surface area contributed by atoms with Crippen LogP contribution < -0.4 is 10.2 Å². The molecule has 9 nitrogen and oxygen atoms in total. The van der Waals surface area contributed by atoms with Crippen LogP contribution >= 0.6 is 0 Å². The van der Waals surface area contributed by atoms with Crippen LogP contribution in [0.4, 0.5) is 17.3 Å². The van der Waals surface area contributed by atoms with Crippen molar-refractivity contribution in [3.05, 3.63) is 52.3 Å². The van der Waals surface area contributed by atoms with Crippen molar-refractivity contribution in [2.75, 3.05) is 42.9 Å². The largest absolute Gasteiger partial charge is 0.338 e. The van der Waals surface area contributed by atoms with Gasteiger partial charge in [-0.3, -0.25) is 19.8 Å². The minimum Gasteiger partial charge on any atom is -0.338 e. The maximum atomic E-state index is 12.2. The lowest BCUT2D eigenvalue weighted by atomic mass is 10.1. The lowest BCUT2D eigenvalue weighted by Gasteiger charge is -2.34. The Morgan fingerprint density at radius 2 is 1.89 bits per heavy atom. The molecule has 1 fully saturated rings. The summed E-state index contributed by atoms with van der Waals surface area (Å²) in [7, 11) is 0. The highest BCUT2D eigenvalue weighted by molar-refractivity contribution is 5.92. The van der Waals surface area contributed by atoms with Gasteiger partial charge in [-0.25, -0.2) is 9.97 Å². The van der Waals surface area contributed by atoms with Crippen molar-refractivity contribution < 1.29 is 9.72 Å². The molecule has 142 valence electrons. The highest BCUT2D eigenvalue weighted by Gasteiger charge is 2.20. The van der Waals surface area contributed by atoms with Gasteiger partial charge in [-0.05, 0) is 19.1 Å². The fourth-order valence-electron chi connectivity index (χ4n) is 3.06. The van der Waals surface area contributed by atoms with Crippen LogP contribution in [0.3, 0.4) is 0 Å². The van der Waals surface area contributed by atoms with Gasteiger partial charge in [0, 0.05) is 57.6 Å². The number of nitrogens with one attached hydrogen (secondary N) is 1. The molecule has 9 heteroatoms. The molecule has 2 aromatic rings. The number of hydrogen-bond donors (Lipinski definition) is 1. The fraction of sp³-hybridized carbons (Fsp3) is 0.389. The molecule has 1 aromatic carbocycles. The molecule has 27 heavy (non-hydrogen) atoms. The maximum absolute atomic E-state index is 12.2. The molecule has 2 heterocycles. The van der Waals surface area contributed by atoms with Crippen molar-refractivity contribution in [1.82, 2.24) is 14.9 Å². The highest BCUT2D eigenvalue weighted by Crippen LogP contribution is 2.25. The second-order valence-corrected chi connectivity index (χ2v) is 6.38. The third kappa shape index (κ3) is 4.76. The van der Waals surface area contributed by atoms with Crippen LogP contribution in [-0.4, -0.2) is 58.4 Å². The van der Waals surface area contributed by atoms with E-state index in [4.69, 9.17) is 0 Å². The van der Waals surface area contributed by atoms with Crippen molar-refractivity contribution >= 4 is 23.2 Å². The van der Waals surface area contributed by atoms with Crippen LogP contribution in [0.25, 0.3) is 0 Å². The van der Waals surface area contributed by atoms with E-state index in [1.807, 2.05) is 0 Å². The average Bonchev–Trinajstić information content (AvgIpc) is 2.69. The van der Waals surface area contributed by atoms with E-state index in [9.17, 15) is 14.9 Å². The van der Waals surface area contributed by atoms with Gasteiger partial charge in [-0.1, -0.05) is 6.07 Å². The number of carbonyl (C=O) groups is 1. The number of nitro benzene ring substituents is 1. The molecule has 0 aliphatic carbocycles. The minimum absolute atomic E-state index is 0.00653. The average molecular weight is 370 g/mol. The quantitative estimate of drug-likeness (QED) is 0.611. The number of benzene rings is 1. The summed E-state index contributed by atoms with van der Waals surface area (Å²) in [6, 6.07) is 6.48. The first-order chi connectivity index (χ1) is 13.0. The predicted molar refractivity (Wildman–Crippen MR) is 102 cm³/mol. The van der Waals surface area contributed by atoms with Crippen LogP contribution in [0.15, 0.2) is 36.7 Å². The van der Waals surface area contributed by atoms with Crippen molar-refractivity contribution in [2.24, 2.45) is 0 Å². The van der Waals surface area contributed by atoms with Crippen molar-refractivity contribution in [2.45, 2.75) is 13.3 Å². The second-order valence-electron chi connectivity index (χ2n) is 6.38. The predicted octanol–water partition coefficient (Wildman–Crippen LogP) is 1.84. The Balaban J connectivity index is 1.47. The fourth-order valence-corrected chi connectivity index (χ4v) is 3.06. The molecule has 3 rings (SSSR count). The molecule has 1 aliphatic heterocycles. The zero-order valence-corrected chi connectivity index (χ0v) is 15.2. The SMILES string of the molecule is Cc1c(NC(=O)CCN2CCN(c3ncccn3)CC2)cccc1[N+](=O)[O-]. The molecule has 1 saturated heterocycles. The van der Waals surface area contributed by atoms with E-state index in [0.29, 0.717) is 24.2 Å². The number of anilines is 2. The summed E-state index contributed by atoms with van der Waals surface area (Å²) in [5.74, 6) is 0.587. The Labute approximate surface area is 157 Å². The number of rotatable bonds is 6. The summed E-state index contributed by atoms with van der Waals surface area (Å²) >= 11 is 0. The topological polar surface area (TPSA) is 104 Å². The summed E-state index contributed by atoms with van der Waals surface area (Å²) in [5, 5.41) is 13.8. The number of carbonyl (C=O) groups excluding carboxylic acids is 1. The Bertz CT molecular complexity index is 806. The molecule has 1 aliphatic rings. The molecule has 1 aromatic heterocycles. The van der Waals surface area contributed by atoms with Crippen molar-refractivity contribution in [3.8, 4) is 0 Å². The second kappa shape index (κ2) is 8.54. The standard InChI is InChI=1S/C18H22N6O3/c1-14-15(4-2-5-16(14)24(26)27)21-17(25)6-9-22-10-12-23(13-11-22)18-19-7-3-8-20-18/h2-5,7-8H,6,9-13H2,1H3,(H,21,25). The zero-order chi connectivity index (χ0) is 19.2. The summed E-state index contributed by atoms with van der Waals surface area (Å²) < 4.78 is 0. The number of nitrogens with zero attached hydrogens (tertiary/aromatic N) is 5. The summed E-state index contributed by atoms with van der Waals surface area (Å²) in [6.45, 7) is 5.58. The number of piperazine rings is 1. The normalized spacial score (nSPS) is 14.8. The lowest BCUT2D eigenvalue weighted by Crippen LogP contribution is -2.47. The van der Waals surface area contributed by atoms with Gasteiger partial charge in [0.05, 0.1) is 16.2 Å². The van der Waals surface area contributed by atoms with Gasteiger partial charge in [-0.2, -0.15) is 0 Å². The van der Waals surface area contributed by atoms with Gasteiger partial charge in [0.2, 0.25) is 11.9 Å². The number of amides is 1. The van der Waals surface area contributed by atoms with E-state index in [2.05, 4.69) is 25.1 Å². The summed E-state index contributed by atoms with van der Waals surface area (Å²) in [6.07, 6.45) is 3.80. The van der Waals surface area contributed by atoms with Gasteiger partial charge in [0.1, 0.15) is 0 Å². The number of hydrogen-bond acceptors (Lipinski definition) is 7. The first kappa shape index (κ1) is 18.7. The van der Waals surface area contributed by atoms with Crippen LogP contribution in [0.2, 0.25) is 0 Å². The molecule has 0 bridgehead atoms. The molecular weight excluding hydrogens is 348 g/mol. The molecule has 1 N–H and O–H groups in total. The van der Waals surface area contributed by atoms with E-state index in [0.717, 1.165) is 32.1 Å². The Morgan fingerprint density at radius 3 is 2.56 bits per heavy atom. The molecule has 0 saturated carbocycles. The third-order valence-electron chi connectivity index (χ3n) is 4.64. The van der Waals surface area contributed by atoms with Gasteiger partial charge < -0.3 is 10.2 Å². The van der Waals surface area contributed by atoms with Crippen LogP contribution in [0.5, 0.6) is 0 Å². The van der Waals surface area contributed by atoms with Crippen molar-refractivity contribution in [1.29, 1.82) is 0 Å². The third-order valence-corrected chi connectivity index (χ3v) is 4.64. The molecule has 1 amide bonds. The Kier molecular flexibility index (Phi) is 5.92. The van der Waals surface area contributed by atoms with E-state index in [1.54, 1.807) is 37.5 Å². The van der Waals surface area contributed by atoms with Gasteiger partial charge >= 0.3 is 0 Å². The van der Waals surface area contributed by atoms with Crippen molar-refractivity contribution in [3.63, 3.8) is 0 Å². The van der Waals surface area contributed by atoms with Gasteiger partial charge in [0.25, 0.3) is 5.69 Å². The van der Waals surface area contributed by atoms with E-state index < -0.39 is 4.92 Å². The van der Waals surface area contributed by atoms with Gasteiger partial charge in [-0.15, -0.1) is 0 Å². The molecule has 0 spiro atoms. The Morgan fingerprint density at radius 1 is 1.19 bits per heavy atom. The first-order valence-corrected chi connectivity index (χ1v) is 8.83. The molecule has 0 radical (unpaired) electrons. The smallest absolute Gasteiger partial charge is 0.274 e. The maximum Gasteiger partial charge on any atom is 0.274 e. The Hall–Kier alpha value is -3.07. The van der Waals surface area contributed by atoms with E-state index in [1.165, 1.54) is 6.07 Å². The minimum atomic E-state index is -0.444. The number of nitro groups is 1. The first-order valence-electron chi connectivity index (χ1n) is 8.83. The zero-order valence-electron chi connectivity index (χ0n) is 15.2. The van der Waals surface area contributed by atoms with Crippen LogP contribution in [0.1, 0.15) is 12.0 Å². The van der Waals surface area contributed by atoms with Crippen LogP contribution in [-0.2, 0) is 4.79 Å². The highest BCUT2D eigenvalue weighted by atomic mass is 16.6. The molecular formula is C18H22N6O3. The monoisotopic (exact) mass is 370 g/mol. The summed E-state index contributed by atoms with van der Waals surface area (Å²) in [5.41, 5.74) is 0.958. The van der Waals surface area contributed by atoms with Crippen LogP contribution in [0, 0.1) is 17.0 Å². The van der Waals surface area contributed by atoms with E-state index in [-0.39, 0.29) is 11.6 Å². The lowest BCUT2D eigenvalue weighted by molar-refractivity contribution is -0.385. The van der Waals surface area contributed by atoms with E-state index >= 15 is 0 Å². The molecule has 0 atom stereocenters. The number of aromatic nitrogens is 2.